The van der Waals surface area contributed by atoms with Gasteiger partial charge >= 0.3 is 0 Å². The van der Waals surface area contributed by atoms with E-state index < -0.39 is 0 Å². The van der Waals surface area contributed by atoms with Crippen molar-refractivity contribution in [3.8, 4) is 0 Å². The van der Waals surface area contributed by atoms with Crippen LogP contribution < -0.4 is 10.6 Å². The second-order valence-corrected chi connectivity index (χ2v) is 5.76. The highest BCUT2D eigenvalue weighted by Crippen LogP contribution is 2.20. The topological polar surface area (TPSA) is 71.2 Å². The van der Waals surface area contributed by atoms with Gasteiger partial charge in [-0.25, -0.2) is 0 Å². The molecule has 2 aromatic rings. The summed E-state index contributed by atoms with van der Waals surface area (Å²) in [6.45, 7) is 5.03. The van der Waals surface area contributed by atoms with Crippen molar-refractivity contribution in [3.63, 3.8) is 0 Å². The molecule has 0 unspecified atom stereocenters. The van der Waals surface area contributed by atoms with E-state index in [0.717, 1.165) is 6.54 Å². The SMILES string of the molecule is Cc1ccccc1CN(C)[C@H](C)c1nc(N)nc(N(C)C)n1. The predicted molar refractivity (Wildman–Crippen MR) is 89.6 cm³/mol. The fourth-order valence-corrected chi connectivity index (χ4v) is 2.17. The molecule has 1 aromatic carbocycles. The molecule has 0 fully saturated rings. The van der Waals surface area contributed by atoms with Gasteiger partial charge in [0.1, 0.15) is 0 Å². The van der Waals surface area contributed by atoms with Gasteiger partial charge in [-0.05, 0) is 32.0 Å². The molecule has 0 saturated carbocycles. The Balaban J connectivity index is 2.20. The van der Waals surface area contributed by atoms with Crippen LogP contribution in [0, 0.1) is 6.92 Å². The van der Waals surface area contributed by atoms with E-state index in [-0.39, 0.29) is 12.0 Å². The average molecular weight is 300 g/mol. The molecule has 0 aliphatic heterocycles. The molecule has 0 aliphatic carbocycles. The van der Waals surface area contributed by atoms with Crippen molar-refractivity contribution < 1.29 is 0 Å². The number of anilines is 2. The summed E-state index contributed by atoms with van der Waals surface area (Å²) in [5.41, 5.74) is 8.39. The highest BCUT2D eigenvalue weighted by atomic mass is 15.3. The van der Waals surface area contributed by atoms with Crippen LogP contribution in [0.5, 0.6) is 0 Å². The van der Waals surface area contributed by atoms with Crippen LogP contribution in [-0.2, 0) is 6.54 Å². The van der Waals surface area contributed by atoms with Gasteiger partial charge in [0.2, 0.25) is 11.9 Å². The third-order valence-corrected chi connectivity index (χ3v) is 3.77. The zero-order chi connectivity index (χ0) is 16.3. The first-order chi connectivity index (χ1) is 10.4. The van der Waals surface area contributed by atoms with Gasteiger partial charge in [0, 0.05) is 20.6 Å². The lowest BCUT2D eigenvalue weighted by atomic mass is 10.1. The Labute approximate surface area is 132 Å². The van der Waals surface area contributed by atoms with Crippen LogP contribution in [0.1, 0.15) is 29.9 Å². The fourth-order valence-electron chi connectivity index (χ4n) is 2.17. The first kappa shape index (κ1) is 16.2. The molecule has 1 aromatic heterocycles. The highest BCUT2D eigenvalue weighted by molar-refractivity contribution is 5.33. The van der Waals surface area contributed by atoms with Gasteiger partial charge in [0.25, 0.3) is 0 Å². The summed E-state index contributed by atoms with van der Waals surface area (Å²) >= 11 is 0. The molecule has 0 saturated heterocycles. The van der Waals surface area contributed by atoms with Gasteiger partial charge in [-0.1, -0.05) is 24.3 Å². The molecule has 1 heterocycles. The number of aromatic nitrogens is 3. The normalized spacial score (nSPS) is 12.5. The lowest BCUT2D eigenvalue weighted by Crippen LogP contribution is -2.26. The first-order valence-corrected chi connectivity index (χ1v) is 7.32. The quantitative estimate of drug-likeness (QED) is 0.911. The molecule has 6 heteroatoms. The van der Waals surface area contributed by atoms with Crippen LogP contribution in [-0.4, -0.2) is 41.0 Å². The van der Waals surface area contributed by atoms with Gasteiger partial charge in [-0.2, -0.15) is 15.0 Å². The lowest BCUT2D eigenvalue weighted by Gasteiger charge is -2.25. The Hall–Kier alpha value is -2.21. The molecule has 6 nitrogen and oxygen atoms in total. The Kier molecular flexibility index (Phi) is 4.92. The molecule has 0 amide bonds. The molecular weight excluding hydrogens is 276 g/mol. The largest absolute Gasteiger partial charge is 0.368 e. The van der Waals surface area contributed by atoms with E-state index >= 15 is 0 Å². The molecule has 2 N–H and O–H groups in total. The number of hydrogen-bond donors (Lipinski definition) is 1. The minimum absolute atomic E-state index is 0.0450. The number of nitrogens with zero attached hydrogens (tertiary/aromatic N) is 5. The summed E-state index contributed by atoms with van der Waals surface area (Å²) < 4.78 is 0. The zero-order valence-corrected chi connectivity index (χ0v) is 13.9. The number of benzene rings is 1. The maximum absolute atomic E-state index is 5.80. The van der Waals surface area contributed by atoms with Crippen molar-refractivity contribution in [1.82, 2.24) is 19.9 Å². The van der Waals surface area contributed by atoms with Crippen LogP contribution in [0.15, 0.2) is 24.3 Å². The number of nitrogen functional groups attached to an aromatic ring is 1. The Morgan fingerprint density at radius 1 is 1.09 bits per heavy atom. The first-order valence-electron chi connectivity index (χ1n) is 7.32. The van der Waals surface area contributed by atoms with Crippen molar-refractivity contribution in [2.45, 2.75) is 26.4 Å². The average Bonchev–Trinajstić information content (AvgIpc) is 2.48. The van der Waals surface area contributed by atoms with Crippen molar-refractivity contribution in [2.24, 2.45) is 0 Å². The third kappa shape index (κ3) is 3.71. The minimum Gasteiger partial charge on any atom is -0.368 e. The number of rotatable bonds is 5. The smallest absolute Gasteiger partial charge is 0.229 e. The van der Waals surface area contributed by atoms with Crippen molar-refractivity contribution in [1.29, 1.82) is 0 Å². The van der Waals surface area contributed by atoms with E-state index in [1.54, 1.807) is 0 Å². The predicted octanol–water partition coefficient (Wildman–Crippen LogP) is 2.02. The summed E-state index contributed by atoms with van der Waals surface area (Å²) in [6, 6.07) is 8.43. The molecular formula is C16H24N6. The van der Waals surface area contributed by atoms with Gasteiger partial charge < -0.3 is 10.6 Å². The van der Waals surface area contributed by atoms with Crippen LogP contribution in [0.3, 0.4) is 0 Å². The van der Waals surface area contributed by atoms with E-state index in [0.29, 0.717) is 11.8 Å². The summed E-state index contributed by atoms with van der Waals surface area (Å²) in [6.07, 6.45) is 0. The molecule has 1 atom stereocenters. The van der Waals surface area contributed by atoms with E-state index in [1.807, 2.05) is 19.0 Å². The lowest BCUT2D eigenvalue weighted by molar-refractivity contribution is 0.243. The summed E-state index contributed by atoms with van der Waals surface area (Å²) in [5.74, 6) is 1.52. The summed E-state index contributed by atoms with van der Waals surface area (Å²) in [4.78, 5) is 17.0. The minimum atomic E-state index is 0.0450. The number of nitrogens with two attached hydrogens (primary N) is 1. The van der Waals surface area contributed by atoms with Crippen molar-refractivity contribution >= 4 is 11.9 Å². The van der Waals surface area contributed by atoms with E-state index in [2.05, 4.69) is 65.0 Å². The van der Waals surface area contributed by atoms with Gasteiger partial charge in [-0.15, -0.1) is 0 Å². The number of aryl methyl sites for hydroxylation is 1. The van der Waals surface area contributed by atoms with E-state index in [1.165, 1.54) is 11.1 Å². The van der Waals surface area contributed by atoms with Gasteiger partial charge in [0.05, 0.1) is 6.04 Å². The fraction of sp³-hybridized carbons (Fsp3) is 0.438. The molecule has 0 aliphatic rings. The monoisotopic (exact) mass is 300 g/mol. The standard InChI is InChI=1S/C16H24N6/c1-11-8-6-7-9-13(11)10-22(5)12(2)14-18-15(17)20-16(19-14)21(3)4/h6-9,12H,10H2,1-5H3,(H2,17,18,19,20)/t12-/m1/s1. The van der Waals surface area contributed by atoms with Crippen LogP contribution >= 0.6 is 0 Å². The molecule has 118 valence electrons. The highest BCUT2D eigenvalue weighted by Gasteiger charge is 2.18. The molecule has 2 rings (SSSR count). The van der Waals surface area contributed by atoms with Crippen LogP contribution in [0.4, 0.5) is 11.9 Å². The van der Waals surface area contributed by atoms with Gasteiger partial charge in [0.15, 0.2) is 5.82 Å². The van der Waals surface area contributed by atoms with Crippen LogP contribution in [0.2, 0.25) is 0 Å². The summed E-state index contributed by atoms with van der Waals surface area (Å²) in [5, 5.41) is 0. The van der Waals surface area contributed by atoms with E-state index in [9.17, 15) is 0 Å². The van der Waals surface area contributed by atoms with E-state index in [4.69, 9.17) is 5.73 Å². The Morgan fingerprint density at radius 3 is 2.41 bits per heavy atom. The maximum atomic E-state index is 5.80. The number of hydrogen-bond acceptors (Lipinski definition) is 6. The molecule has 0 radical (unpaired) electrons. The van der Waals surface area contributed by atoms with Crippen LogP contribution in [0.25, 0.3) is 0 Å². The molecule has 0 bridgehead atoms. The third-order valence-electron chi connectivity index (χ3n) is 3.77. The Bertz CT molecular complexity index is 640. The zero-order valence-electron chi connectivity index (χ0n) is 13.9. The maximum Gasteiger partial charge on any atom is 0.229 e. The molecule has 0 spiro atoms. The molecule has 22 heavy (non-hydrogen) atoms. The van der Waals surface area contributed by atoms with Crippen molar-refractivity contribution in [3.05, 3.63) is 41.2 Å². The Morgan fingerprint density at radius 2 is 1.77 bits per heavy atom. The van der Waals surface area contributed by atoms with Gasteiger partial charge in [-0.3, -0.25) is 4.90 Å². The van der Waals surface area contributed by atoms with Crippen molar-refractivity contribution in [2.75, 3.05) is 31.8 Å². The second-order valence-electron chi connectivity index (χ2n) is 5.76. The second kappa shape index (κ2) is 6.70. The summed E-state index contributed by atoms with van der Waals surface area (Å²) in [7, 11) is 5.84.